The summed E-state index contributed by atoms with van der Waals surface area (Å²) in [5.74, 6) is -0.632. The highest BCUT2D eigenvalue weighted by atomic mass is 79.9. The molecule has 0 saturated heterocycles. The smallest absolute Gasteiger partial charge is 0.343 e. The number of hydrogen-bond acceptors (Lipinski definition) is 15. The number of fused-ring (bicyclic) bond motifs is 3. The van der Waals surface area contributed by atoms with E-state index in [2.05, 4.69) is 56.5 Å². The van der Waals surface area contributed by atoms with Crippen LogP contribution in [0.1, 0.15) is 84.1 Å². The van der Waals surface area contributed by atoms with Crippen molar-refractivity contribution in [1.82, 2.24) is 54.6 Å². The predicted molar refractivity (Wildman–Crippen MR) is 302 cm³/mol. The minimum Gasteiger partial charge on any atom is -0.462 e. The second kappa shape index (κ2) is 25.1. The fourth-order valence-corrected chi connectivity index (χ4v) is 9.16. The number of nitriles is 1. The van der Waals surface area contributed by atoms with E-state index in [0.29, 0.717) is 63.9 Å². The molecule has 7 heterocycles. The molecule has 3 aromatic carbocycles. The quantitative estimate of drug-likeness (QED) is 0.0907. The van der Waals surface area contributed by atoms with Crippen LogP contribution in [0.15, 0.2) is 121 Å². The van der Waals surface area contributed by atoms with Crippen LogP contribution in [0, 0.1) is 25.2 Å². The number of benzene rings is 3. The summed E-state index contributed by atoms with van der Waals surface area (Å²) in [6.45, 7) is 9.57. The fourth-order valence-electron chi connectivity index (χ4n) is 8.20. The van der Waals surface area contributed by atoms with Crippen molar-refractivity contribution >= 4 is 113 Å². The van der Waals surface area contributed by atoms with Gasteiger partial charge in [-0.2, -0.15) is 20.6 Å². The molecule has 1 amide bonds. The molecule has 0 atom stereocenters. The zero-order valence-electron chi connectivity index (χ0n) is 42.3. The highest BCUT2D eigenvalue weighted by Gasteiger charge is 2.19. The van der Waals surface area contributed by atoms with E-state index in [4.69, 9.17) is 55.7 Å². The van der Waals surface area contributed by atoms with E-state index in [1.54, 1.807) is 71.1 Å². The zero-order valence-corrected chi connectivity index (χ0v) is 46.2. The maximum Gasteiger partial charge on any atom is 0.343 e. The zero-order chi connectivity index (χ0) is 55.6. The van der Waals surface area contributed by atoms with E-state index in [1.807, 2.05) is 92.7 Å². The number of nitrogens with two attached hydrogens (primary N) is 2. The Bertz CT molecular complexity index is 3760. The minimum absolute atomic E-state index is 0.0666. The number of nitrogens with zero attached hydrogens (tertiary/aromatic N) is 11. The number of ether oxygens (including phenoxy) is 2. The van der Waals surface area contributed by atoms with Crippen molar-refractivity contribution in [1.29, 1.82) is 5.26 Å². The van der Waals surface area contributed by atoms with Gasteiger partial charge in [0.1, 0.15) is 27.6 Å². The maximum absolute atomic E-state index is 12.8. The molecule has 19 nitrogen and oxygen atoms in total. The summed E-state index contributed by atoms with van der Waals surface area (Å²) in [6.07, 6.45) is 9.68. The molecule has 10 rings (SSSR count). The number of rotatable bonds is 13. The number of aromatic nitrogens is 10. The Kier molecular flexibility index (Phi) is 18.0. The normalized spacial score (nSPS) is 10.9. The third-order valence-electron chi connectivity index (χ3n) is 11.8. The first-order valence-electron chi connectivity index (χ1n) is 24.0. The fraction of sp³-hybridized carbons (Fsp3) is 0.182. The van der Waals surface area contributed by atoms with Crippen molar-refractivity contribution in [2.24, 2.45) is 0 Å². The van der Waals surface area contributed by atoms with Crippen LogP contribution < -0.4 is 16.8 Å². The van der Waals surface area contributed by atoms with Gasteiger partial charge in [0.25, 0.3) is 5.91 Å². The first-order valence-corrected chi connectivity index (χ1v) is 25.9. The number of aryl methyl sites for hydroxylation is 2. The summed E-state index contributed by atoms with van der Waals surface area (Å²) in [4.78, 5) is 53.4. The Balaban J connectivity index is 0.000000158. The Labute approximate surface area is 470 Å². The van der Waals surface area contributed by atoms with E-state index in [9.17, 15) is 19.6 Å². The molecule has 396 valence electrons. The van der Waals surface area contributed by atoms with Crippen molar-refractivity contribution in [2.45, 2.75) is 53.9 Å². The molecule has 0 aliphatic carbocycles. The van der Waals surface area contributed by atoms with Crippen molar-refractivity contribution in [3.05, 3.63) is 192 Å². The highest BCUT2D eigenvalue weighted by Crippen LogP contribution is 2.24. The number of hydrogen-bond donors (Lipinski definition) is 3. The van der Waals surface area contributed by atoms with Gasteiger partial charge in [-0.3, -0.25) is 33.8 Å². The first kappa shape index (κ1) is 55.7. The summed E-state index contributed by atoms with van der Waals surface area (Å²) >= 11 is 21.3. The lowest BCUT2D eigenvalue weighted by Gasteiger charge is -2.11. The average Bonchev–Trinajstić information content (AvgIpc) is 4.11. The number of esters is 2. The van der Waals surface area contributed by atoms with Gasteiger partial charge in [-0.1, -0.05) is 53.0 Å². The molecule has 0 spiro atoms. The molecule has 7 aromatic heterocycles. The van der Waals surface area contributed by atoms with Crippen LogP contribution in [0.3, 0.4) is 0 Å². The number of nitrogen functional groups attached to an aromatic ring is 2. The van der Waals surface area contributed by atoms with E-state index in [-0.39, 0.29) is 41.1 Å². The van der Waals surface area contributed by atoms with Crippen LogP contribution >= 0.6 is 50.7 Å². The van der Waals surface area contributed by atoms with Crippen LogP contribution in [-0.4, -0.2) is 80.3 Å². The Morgan fingerprint density at radius 3 is 1.56 bits per heavy atom. The summed E-state index contributed by atoms with van der Waals surface area (Å²) in [6, 6.07) is 26.9. The van der Waals surface area contributed by atoms with Gasteiger partial charge in [-0.05, 0) is 132 Å². The van der Waals surface area contributed by atoms with Gasteiger partial charge in [-0.25, -0.2) is 14.6 Å². The summed E-state index contributed by atoms with van der Waals surface area (Å²) < 4.78 is 15.3. The maximum atomic E-state index is 12.8. The van der Waals surface area contributed by atoms with E-state index in [0.717, 1.165) is 66.2 Å². The minimum atomic E-state index is -0.467. The number of anilines is 2. The number of halogens is 4. The standard InChI is InChI=1S/C23H20ClN7O.C16H13BrClN3O2.C16H15ClN4O2/c1-13-5-22(26)29-14(2)18(13)10-28-23(32)19-12-31(30-21(19)8-25)11-15-3-4-20-16(6-15)7-17(24)9-27-20;1-2-23-16(22)13-9-21(20-15(13)17)8-10-3-4-14-11(5-10)6-12(18)7-19-14;1-2-23-16(22)13-9-21(20-15(13)18)8-10-3-4-14-11(5-10)6-12(17)7-19-14/h3-7,9,12H,10-11H2,1-2H3,(H2,26,29)(H,28,32);3-7,9H,2,8H2,1H3;3-7,9H,2,8H2,1H3,(H2,18,20). The SMILES string of the molecule is CCOC(=O)c1cn(Cc2ccc3ncc(Cl)cc3c2)nc1Br.CCOC(=O)c1cn(Cc2ccc3ncc(Cl)cc3c2)nc1N.Cc1cc(N)nc(C)c1CNC(=O)c1cn(Cc2ccc3ncc(Cl)cc3c2)nc1C#N. The number of carbonyl (C=O) groups is 3. The van der Waals surface area contributed by atoms with Crippen molar-refractivity contribution in [3.8, 4) is 6.07 Å². The summed E-state index contributed by atoms with van der Waals surface area (Å²) in [7, 11) is 0. The number of carbonyl (C=O) groups excluding carboxylic acids is 3. The molecule has 0 radical (unpaired) electrons. The molecule has 0 aliphatic rings. The van der Waals surface area contributed by atoms with Gasteiger partial charge in [0.05, 0.1) is 70.0 Å². The van der Waals surface area contributed by atoms with Gasteiger partial charge in [0.2, 0.25) is 0 Å². The van der Waals surface area contributed by atoms with Crippen molar-refractivity contribution < 1.29 is 23.9 Å². The van der Waals surface area contributed by atoms with Crippen LogP contribution in [0.5, 0.6) is 0 Å². The van der Waals surface area contributed by atoms with Crippen LogP contribution in [0.25, 0.3) is 32.7 Å². The van der Waals surface area contributed by atoms with Crippen molar-refractivity contribution in [2.75, 3.05) is 24.7 Å². The van der Waals surface area contributed by atoms with Gasteiger partial charge < -0.3 is 26.3 Å². The first-order chi connectivity index (χ1) is 37.5. The molecule has 0 aliphatic heterocycles. The molecular weight excluding hydrogens is 1120 g/mol. The largest absolute Gasteiger partial charge is 0.462 e. The monoisotopic (exact) mass is 1170 g/mol. The summed E-state index contributed by atoms with van der Waals surface area (Å²) in [5, 5.41) is 29.6. The molecule has 0 unspecified atom stereocenters. The van der Waals surface area contributed by atoms with E-state index >= 15 is 0 Å². The molecule has 0 fully saturated rings. The molecule has 5 N–H and O–H groups in total. The van der Waals surface area contributed by atoms with E-state index in [1.165, 1.54) is 0 Å². The topological polar surface area (TPSA) is 263 Å². The van der Waals surface area contributed by atoms with Crippen LogP contribution in [0.2, 0.25) is 15.1 Å². The highest BCUT2D eigenvalue weighted by molar-refractivity contribution is 9.10. The third-order valence-corrected chi connectivity index (χ3v) is 13.0. The molecule has 0 bridgehead atoms. The van der Waals surface area contributed by atoms with Crippen LogP contribution in [-0.2, 0) is 35.7 Å². The number of nitrogens with one attached hydrogen (secondary N) is 1. The second-order valence-electron chi connectivity index (χ2n) is 17.5. The Hall–Kier alpha value is -8.48. The third kappa shape index (κ3) is 13.9. The molecule has 23 heteroatoms. The molecule has 78 heavy (non-hydrogen) atoms. The lowest BCUT2D eigenvalue weighted by molar-refractivity contribution is 0.0516. The molecule has 10 aromatic rings. The van der Waals surface area contributed by atoms with Gasteiger partial charge in [-0.15, -0.1) is 0 Å². The van der Waals surface area contributed by atoms with Gasteiger partial charge >= 0.3 is 11.9 Å². The number of amides is 1. The molecule has 0 saturated carbocycles. The molecular formula is C55H48BrCl3N14O5. The number of pyridine rings is 4. The van der Waals surface area contributed by atoms with E-state index < -0.39 is 5.97 Å². The Morgan fingerprint density at radius 2 is 1.09 bits per heavy atom. The predicted octanol–water partition coefficient (Wildman–Crippen LogP) is 10.5. The summed E-state index contributed by atoms with van der Waals surface area (Å²) in [5.41, 5.74) is 20.7. The average molecular weight is 1170 g/mol. The second-order valence-corrected chi connectivity index (χ2v) is 19.5. The van der Waals surface area contributed by atoms with Gasteiger partial charge in [0, 0.05) is 65.6 Å². The lowest BCUT2D eigenvalue weighted by atomic mass is 10.1. The van der Waals surface area contributed by atoms with Crippen molar-refractivity contribution in [3.63, 3.8) is 0 Å². The van der Waals surface area contributed by atoms with Crippen LogP contribution in [0.4, 0.5) is 11.6 Å². The van der Waals surface area contributed by atoms with Gasteiger partial charge in [0.15, 0.2) is 11.5 Å². The lowest BCUT2D eigenvalue weighted by Crippen LogP contribution is -2.24. The Morgan fingerprint density at radius 1 is 0.641 bits per heavy atom.